The summed E-state index contributed by atoms with van der Waals surface area (Å²) in [7, 11) is 0. The Morgan fingerprint density at radius 3 is 2.92 bits per heavy atom. The van der Waals surface area contributed by atoms with E-state index in [1.165, 1.54) is 23.5 Å². The van der Waals surface area contributed by atoms with Crippen molar-refractivity contribution in [1.82, 2.24) is 4.98 Å². The molecule has 2 heterocycles. The first-order chi connectivity index (χ1) is 11.7. The lowest BCUT2D eigenvalue weighted by Gasteiger charge is -2.19. The maximum atomic E-state index is 10.8. The lowest BCUT2D eigenvalue weighted by Crippen LogP contribution is -2.15. The van der Waals surface area contributed by atoms with Crippen LogP contribution in [0.5, 0.6) is 11.5 Å². The summed E-state index contributed by atoms with van der Waals surface area (Å²) in [6, 6.07) is 10.4. The number of hydrogen-bond donors (Lipinski definition) is 0. The molecule has 24 heavy (non-hydrogen) atoms. The third-order valence-corrected chi connectivity index (χ3v) is 4.60. The average molecular weight is 340 g/mol. The summed E-state index contributed by atoms with van der Waals surface area (Å²) in [5.74, 6) is 1.47. The molecule has 0 aliphatic carbocycles. The number of benzene rings is 2. The molecule has 6 nitrogen and oxygen atoms in total. The number of ether oxygens (including phenoxy) is 2. The molecule has 4 rings (SSSR count). The van der Waals surface area contributed by atoms with Gasteiger partial charge in [-0.2, -0.15) is 0 Å². The molecule has 7 heteroatoms. The zero-order chi connectivity index (χ0) is 16.5. The van der Waals surface area contributed by atoms with E-state index in [4.69, 9.17) is 9.47 Å². The molecule has 1 aliphatic rings. The van der Waals surface area contributed by atoms with E-state index in [2.05, 4.69) is 4.98 Å². The van der Waals surface area contributed by atoms with Crippen molar-refractivity contribution in [3.63, 3.8) is 0 Å². The van der Waals surface area contributed by atoms with Gasteiger partial charge in [0.05, 0.1) is 15.1 Å². The maximum Gasteiger partial charge on any atom is 0.271 e. The van der Waals surface area contributed by atoms with Crippen molar-refractivity contribution in [2.75, 3.05) is 13.2 Å². The molecule has 0 atom stereocenters. The summed E-state index contributed by atoms with van der Waals surface area (Å²) in [5, 5.41) is 11.6. The predicted octanol–water partition coefficient (Wildman–Crippen LogP) is 4.15. The van der Waals surface area contributed by atoms with E-state index in [-0.39, 0.29) is 5.69 Å². The monoisotopic (exact) mass is 340 g/mol. The average Bonchev–Trinajstić information content (AvgIpc) is 3.01. The lowest BCUT2D eigenvalue weighted by atomic mass is 10.1. The van der Waals surface area contributed by atoms with E-state index >= 15 is 0 Å². The molecule has 1 aromatic heterocycles. The minimum atomic E-state index is -0.415. The van der Waals surface area contributed by atoms with E-state index in [0.717, 1.165) is 26.8 Å². The second-order valence-corrected chi connectivity index (χ2v) is 6.23. The summed E-state index contributed by atoms with van der Waals surface area (Å²) in [6.45, 7) is 1.08. The molecule has 0 fully saturated rings. The molecule has 0 saturated carbocycles. The van der Waals surface area contributed by atoms with Gasteiger partial charge >= 0.3 is 0 Å². The predicted molar refractivity (Wildman–Crippen MR) is 92.6 cm³/mol. The Bertz CT molecular complexity index is 964. The van der Waals surface area contributed by atoms with Crippen LogP contribution in [-0.2, 0) is 0 Å². The number of nitro benzene ring substituents is 1. The van der Waals surface area contributed by atoms with Gasteiger partial charge in [0.25, 0.3) is 5.69 Å². The fraction of sp³-hybridized carbons (Fsp3) is 0.118. The number of fused-ring (bicyclic) bond motifs is 2. The second-order valence-electron chi connectivity index (χ2n) is 5.17. The Balaban J connectivity index is 1.67. The van der Waals surface area contributed by atoms with Crippen molar-refractivity contribution in [1.29, 1.82) is 0 Å². The lowest BCUT2D eigenvalue weighted by molar-refractivity contribution is -0.384. The first kappa shape index (κ1) is 14.6. The van der Waals surface area contributed by atoms with Gasteiger partial charge in [-0.25, -0.2) is 4.98 Å². The normalized spacial score (nSPS) is 13.5. The van der Waals surface area contributed by atoms with Crippen LogP contribution >= 0.6 is 11.3 Å². The zero-order valence-electron chi connectivity index (χ0n) is 12.5. The Labute approximate surface area is 141 Å². The van der Waals surface area contributed by atoms with E-state index in [1.807, 2.05) is 30.4 Å². The highest BCUT2D eigenvalue weighted by atomic mass is 32.1. The van der Waals surface area contributed by atoms with Crippen LogP contribution in [0.3, 0.4) is 0 Å². The summed E-state index contributed by atoms with van der Waals surface area (Å²) >= 11 is 1.48. The van der Waals surface area contributed by atoms with Crippen LogP contribution in [0.25, 0.3) is 22.4 Å². The highest BCUT2D eigenvalue weighted by Gasteiger charge is 2.14. The highest BCUT2D eigenvalue weighted by Crippen LogP contribution is 2.35. The van der Waals surface area contributed by atoms with Crippen LogP contribution < -0.4 is 9.47 Å². The first-order valence-corrected chi connectivity index (χ1v) is 8.14. The Morgan fingerprint density at radius 2 is 2.04 bits per heavy atom. The van der Waals surface area contributed by atoms with Crippen molar-refractivity contribution in [2.45, 2.75) is 0 Å². The molecule has 0 saturated heterocycles. The molecular weight excluding hydrogens is 328 g/mol. The molecule has 0 unspecified atom stereocenters. The van der Waals surface area contributed by atoms with Crippen molar-refractivity contribution in [3.05, 3.63) is 57.1 Å². The Kier molecular flexibility index (Phi) is 3.62. The summed E-state index contributed by atoms with van der Waals surface area (Å²) in [4.78, 5) is 14.9. The molecule has 3 aromatic rings. The van der Waals surface area contributed by atoms with E-state index in [0.29, 0.717) is 18.7 Å². The minimum absolute atomic E-state index is 0.0472. The van der Waals surface area contributed by atoms with Gasteiger partial charge in [-0.05, 0) is 24.3 Å². The topological polar surface area (TPSA) is 74.5 Å². The highest BCUT2D eigenvalue weighted by molar-refractivity contribution is 7.19. The number of hydrogen-bond acceptors (Lipinski definition) is 6. The van der Waals surface area contributed by atoms with Crippen LogP contribution in [0.15, 0.2) is 36.4 Å². The van der Waals surface area contributed by atoms with Crippen LogP contribution in [0.1, 0.15) is 10.6 Å². The largest absolute Gasteiger partial charge is 0.486 e. The van der Waals surface area contributed by atoms with Gasteiger partial charge in [-0.1, -0.05) is 12.1 Å². The quantitative estimate of drug-likeness (QED) is 0.529. The molecule has 0 spiro atoms. The standard InChI is InChI=1S/C17H12N2O4S/c20-19(21)12-5-6-15-13(10-12)18-16(24-15)7-4-11-2-1-3-14-17(11)23-9-8-22-14/h1-7,10H,8-9H2/b7-4+. The van der Waals surface area contributed by atoms with Crippen molar-refractivity contribution < 1.29 is 14.4 Å². The van der Waals surface area contributed by atoms with Crippen LogP contribution in [-0.4, -0.2) is 23.1 Å². The van der Waals surface area contributed by atoms with Crippen LogP contribution in [0.4, 0.5) is 5.69 Å². The fourth-order valence-corrected chi connectivity index (χ4v) is 3.36. The second kappa shape index (κ2) is 5.93. The van der Waals surface area contributed by atoms with Gasteiger partial charge in [0.2, 0.25) is 0 Å². The molecule has 120 valence electrons. The van der Waals surface area contributed by atoms with Gasteiger partial charge in [0.15, 0.2) is 11.5 Å². The number of thiazole rings is 1. The Morgan fingerprint density at radius 1 is 1.17 bits per heavy atom. The van der Waals surface area contributed by atoms with Crippen LogP contribution in [0.2, 0.25) is 0 Å². The van der Waals surface area contributed by atoms with Gasteiger partial charge < -0.3 is 9.47 Å². The van der Waals surface area contributed by atoms with Crippen LogP contribution in [0, 0.1) is 10.1 Å². The summed E-state index contributed by atoms with van der Waals surface area (Å²) in [5.41, 5.74) is 1.59. The molecule has 0 N–H and O–H groups in total. The van der Waals surface area contributed by atoms with Crippen molar-refractivity contribution >= 4 is 39.4 Å². The molecule has 0 amide bonds. The maximum absolute atomic E-state index is 10.8. The fourth-order valence-electron chi connectivity index (χ4n) is 2.51. The summed E-state index contributed by atoms with van der Waals surface area (Å²) < 4.78 is 12.2. The number of nitrogens with zero attached hydrogens (tertiary/aromatic N) is 2. The number of para-hydroxylation sites is 1. The number of aromatic nitrogens is 1. The zero-order valence-corrected chi connectivity index (χ0v) is 13.3. The van der Waals surface area contributed by atoms with E-state index in [1.54, 1.807) is 6.07 Å². The summed E-state index contributed by atoms with van der Waals surface area (Å²) in [6.07, 6.45) is 3.80. The molecule has 0 bridgehead atoms. The van der Waals surface area contributed by atoms with Gasteiger partial charge in [-0.3, -0.25) is 10.1 Å². The van der Waals surface area contributed by atoms with E-state index < -0.39 is 4.92 Å². The third kappa shape index (κ3) is 2.69. The van der Waals surface area contributed by atoms with Gasteiger partial charge in [-0.15, -0.1) is 11.3 Å². The molecular formula is C17H12N2O4S. The SMILES string of the molecule is O=[N+]([O-])c1ccc2sc(/C=C/c3cccc4c3OCCO4)nc2c1. The molecule has 1 aliphatic heterocycles. The third-order valence-electron chi connectivity index (χ3n) is 3.60. The minimum Gasteiger partial charge on any atom is -0.486 e. The number of non-ortho nitro benzene ring substituents is 1. The van der Waals surface area contributed by atoms with Gasteiger partial charge in [0, 0.05) is 17.7 Å². The first-order valence-electron chi connectivity index (χ1n) is 7.32. The van der Waals surface area contributed by atoms with Crippen molar-refractivity contribution in [2.24, 2.45) is 0 Å². The number of rotatable bonds is 3. The van der Waals surface area contributed by atoms with Crippen molar-refractivity contribution in [3.8, 4) is 11.5 Å². The Hall–Kier alpha value is -2.93. The van der Waals surface area contributed by atoms with E-state index in [9.17, 15) is 10.1 Å². The smallest absolute Gasteiger partial charge is 0.271 e. The van der Waals surface area contributed by atoms with Gasteiger partial charge in [0.1, 0.15) is 18.2 Å². The molecule has 2 aromatic carbocycles. The number of nitro groups is 1. The molecule has 0 radical (unpaired) electrons.